The van der Waals surface area contributed by atoms with Gasteiger partial charge in [-0.15, -0.1) is 0 Å². The average Bonchev–Trinajstić information content (AvgIpc) is 3.51. The zero-order chi connectivity index (χ0) is 29.5. The summed E-state index contributed by atoms with van der Waals surface area (Å²) in [7, 11) is 0. The number of hydrogen-bond donors (Lipinski definition) is 0. The maximum atomic E-state index is 6.42. The molecule has 208 valence electrons. The minimum absolute atomic E-state index is 0.646. The molecule has 0 aliphatic rings. The van der Waals surface area contributed by atoms with Gasteiger partial charge >= 0.3 is 0 Å². The van der Waals surface area contributed by atoms with Crippen LogP contribution in [0.25, 0.3) is 99.5 Å². The number of aromatic nitrogens is 3. The minimum Gasteiger partial charge on any atom is -0.456 e. The van der Waals surface area contributed by atoms with E-state index in [0.29, 0.717) is 17.5 Å². The minimum atomic E-state index is 0.646. The van der Waals surface area contributed by atoms with Crippen LogP contribution in [0.15, 0.2) is 144 Å². The molecule has 0 fully saturated rings. The van der Waals surface area contributed by atoms with E-state index in [2.05, 4.69) is 78.9 Å². The molecule has 0 saturated heterocycles. The lowest BCUT2D eigenvalue weighted by atomic mass is 9.86. The predicted molar refractivity (Wildman–Crippen MR) is 184 cm³/mol. The molecule has 8 aromatic carbocycles. The van der Waals surface area contributed by atoms with Gasteiger partial charge in [0.1, 0.15) is 11.2 Å². The Hall–Kier alpha value is -6.13. The molecule has 0 bridgehead atoms. The molecule has 4 nitrogen and oxygen atoms in total. The maximum Gasteiger partial charge on any atom is 0.164 e. The van der Waals surface area contributed by atoms with Crippen molar-refractivity contribution in [2.24, 2.45) is 0 Å². The number of fused-ring (bicyclic) bond motifs is 1. The highest BCUT2D eigenvalue weighted by molar-refractivity contribution is 6.40. The highest BCUT2D eigenvalue weighted by atomic mass is 16.3. The van der Waals surface area contributed by atoms with Crippen molar-refractivity contribution in [2.45, 2.75) is 0 Å². The van der Waals surface area contributed by atoms with Gasteiger partial charge in [0.05, 0.1) is 0 Å². The lowest BCUT2D eigenvalue weighted by Crippen LogP contribution is -2.00. The summed E-state index contributed by atoms with van der Waals surface area (Å²) < 4.78 is 6.42. The van der Waals surface area contributed by atoms with Crippen LogP contribution in [0.5, 0.6) is 0 Å². The Morgan fingerprint density at radius 1 is 0.333 bits per heavy atom. The molecular weight excluding hydrogens is 550 g/mol. The van der Waals surface area contributed by atoms with E-state index < -0.39 is 0 Å². The third-order valence-electron chi connectivity index (χ3n) is 9.05. The second kappa shape index (κ2) is 9.18. The summed E-state index contributed by atoms with van der Waals surface area (Å²) in [6, 6.07) is 48.4. The van der Waals surface area contributed by atoms with E-state index >= 15 is 0 Å². The first-order valence-corrected chi connectivity index (χ1v) is 15.1. The van der Waals surface area contributed by atoms with Gasteiger partial charge in [0.25, 0.3) is 0 Å². The van der Waals surface area contributed by atoms with E-state index in [9.17, 15) is 0 Å². The van der Waals surface area contributed by atoms with E-state index in [4.69, 9.17) is 19.4 Å². The van der Waals surface area contributed by atoms with Crippen molar-refractivity contribution in [1.29, 1.82) is 0 Å². The summed E-state index contributed by atoms with van der Waals surface area (Å²) in [5.74, 6) is 1.96. The molecule has 10 rings (SSSR count). The van der Waals surface area contributed by atoms with E-state index in [0.717, 1.165) is 33.4 Å². The fourth-order valence-electron chi connectivity index (χ4n) is 7.01. The van der Waals surface area contributed by atoms with Crippen molar-refractivity contribution < 1.29 is 4.42 Å². The Balaban J connectivity index is 1.17. The first kappa shape index (κ1) is 24.3. The third kappa shape index (κ3) is 3.57. The lowest BCUT2D eigenvalue weighted by molar-refractivity contribution is 0.669. The zero-order valence-electron chi connectivity index (χ0n) is 24.0. The number of hydrogen-bond acceptors (Lipinski definition) is 4. The van der Waals surface area contributed by atoms with E-state index in [1.54, 1.807) is 0 Å². The molecular formula is C41H23N3O. The van der Waals surface area contributed by atoms with Crippen LogP contribution in [0, 0.1) is 0 Å². The molecule has 45 heavy (non-hydrogen) atoms. The summed E-state index contributed by atoms with van der Waals surface area (Å²) in [5, 5.41) is 9.97. The molecule has 0 saturated carbocycles. The van der Waals surface area contributed by atoms with E-state index in [1.165, 1.54) is 48.7 Å². The summed E-state index contributed by atoms with van der Waals surface area (Å²) in [4.78, 5) is 14.7. The van der Waals surface area contributed by atoms with Crippen LogP contribution < -0.4 is 0 Å². The quantitative estimate of drug-likeness (QED) is 0.155. The van der Waals surface area contributed by atoms with E-state index in [-0.39, 0.29) is 0 Å². The fraction of sp³-hybridized carbons (Fsp3) is 0. The van der Waals surface area contributed by atoms with Gasteiger partial charge in [-0.25, -0.2) is 15.0 Å². The SMILES string of the molecule is c1ccc(-c2nc(-c3ccccc3)nc(-c3ccc(-c4ccc5oc6ccc7ccc8cccc9c4c5c6c7c89)cc3)n2)cc1. The first-order valence-electron chi connectivity index (χ1n) is 15.1. The summed E-state index contributed by atoms with van der Waals surface area (Å²) in [5.41, 5.74) is 7.03. The molecule has 0 aliphatic heterocycles. The molecule has 4 heteroatoms. The molecule has 0 N–H and O–H groups in total. The van der Waals surface area contributed by atoms with Gasteiger partial charge < -0.3 is 4.42 Å². The number of rotatable bonds is 4. The third-order valence-corrected chi connectivity index (χ3v) is 9.05. The van der Waals surface area contributed by atoms with Crippen LogP contribution in [0.1, 0.15) is 0 Å². The fourth-order valence-corrected chi connectivity index (χ4v) is 7.01. The van der Waals surface area contributed by atoms with Crippen molar-refractivity contribution in [1.82, 2.24) is 15.0 Å². The van der Waals surface area contributed by atoms with Crippen LogP contribution in [0.2, 0.25) is 0 Å². The number of nitrogens with zero attached hydrogens (tertiary/aromatic N) is 3. The van der Waals surface area contributed by atoms with Crippen molar-refractivity contribution in [3.8, 4) is 45.3 Å². The van der Waals surface area contributed by atoms with E-state index in [1.807, 2.05) is 60.7 Å². The molecule has 2 aromatic heterocycles. The molecule has 2 heterocycles. The molecule has 0 atom stereocenters. The molecule has 0 spiro atoms. The van der Waals surface area contributed by atoms with Crippen LogP contribution in [0.3, 0.4) is 0 Å². The maximum absolute atomic E-state index is 6.42. The average molecular weight is 574 g/mol. The summed E-state index contributed by atoms with van der Waals surface area (Å²) in [6.45, 7) is 0. The van der Waals surface area contributed by atoms with Gasteiger partial charge in [0.2, 0.25) is 0 Å². The highest BCUT2D eigenvalue weighted by Gasteiger charge is 2.22. The standard InChI is InChI=1S/C41H23N3O/c1-3-8-27(9-4-1)39-42-40(28-10-5-2-6-11-28)44-41(43-39)29-18-14-24(15-19-29)30-21-23-33-38-36(30)31-13-7-12-25-16-17-26-20-22-32(45-33)37(38)35(26)34(25)31/h1-23H. The van der Waals surface area contributed by atoms with Gasteiger partial charge in [-0.05, 0) is 44.8 Å². The molecule has 10 aromatic rings. The van der Waals surface area contributed by atoms with Crippen LogP contribution in [-0.4, -0.2) is 15.0 Å². The normalized spacial score (nSPS) is 12.0. The first-order chi connectivity index (χ1) is 22.3. The Morgan fingerprint density at radius 3 is 1.49 bits per heavy atom. The second-order valence-electron chi connectivity index (χ2n) is 11.6. The zero-order valence-corrected chi connectivity index (χ0v) is 24.0. The van der Waals surface area contributed by atoms with Crippen LogP contribution in [0.4, 0.5) is 0 Å². The van der Waals surface area contributed by atoms with Gasteiger partial charge in [-0.1, -0.05) is 127 Å². The van der Waals surface area contributed by atoms with Crippen molar-refractivity contribution >= 4 is 54.3 Å². The van der Waals surface area contributed by atoms with Gasteiger partial charge in [0.15, 0.2) is 17.5 Å². The molecule has 0 unspecified atom stereocenters. The Bertz CT molecular complexity index is 2610. The Morgan fingerprint density at radius 2 is 0.844 bits per heavy atom. The molecule has 0 radical (unpaired) electrons. The Kier molecular flexibility index (Phi) is 4.96. The lowest BCUT2D eigenvalue weighted by Gasteiger charge is -2.15. The van der Waals surface area contributed by atoms with Crippen molar-refractivity contribution in [2.75, 3.05) is 0 Å². The summed E-state index contributed by atoms with van der Waals surface area (Å²) >= 11 is 0. The Labute approximate surface area is 257 Å². The summed E-state index contributed by atoms with van der Waals surface area (Å²) in [6.07, 6.45) is 0. The van der Waals surface area contributed by atoms with Crippen molar-refractivity contribution in [3.05, 3.63) is 140 Å². The number of furan rings is 1. The predicted octanol–water partition coefficient (Wildman–Crippen LogP) is 10.8. The second-order valence-corrected chi connectivity index (χ2v) is 11.6. The highest BCUT2D eigenvalue weighted by Crippen LogP contribution is 2.48. The van der Waals surface area contributed by atoms with Crippen LogP contribution >= 0.6 is 0 Å². The molecule has 0 amide bonds. The number of benzene rings is 8. The van der Waals surface area contributed by atoms with Gasteiger partial charge in [-0.3, -0.25) is 0 Å². The van der Waals surface area contributed by atoms with Gasteiger partial charge in [-0.2, -0.15) is 0 Å². The van der Waals surface area contributed by atoms with Gasteiger partial charge in [0, 0.05) is 38.2 Å². The van der Waals surface area contributed by atoms with Crippen LogP contribution in [-0.2, 0) is 0 Å². The smallest absolute Gasteiger partial charge is 0.164 e. The van der Waals surface area contributed by atoms with Crippen molar-refractivity contribution in [3.63, 3.8) is 0 Å². The molecule has 0 aliphatic carbocycles. The topological polar surface area (TPSA) is 51.8 Å². The largest absolute Gasteiger partial charge is 0.456 e. The monoisotopic (exact) mass is 573 g/mol.